The van der Waals surface area contributed by atoms with Gasteiger partial charge in [0.15, 0.2) is 0 Å². The van der Waals surface area contributed by atoms with Crippen LogP contribution in [0.15, 0.2) is 24.3 Å². The van der Waals surface area contributed by atoms with Gasteiger partial charge in [-0.25, -0.2) is 0 Å². The van der Waals surface area contributed by atoms with Crippen LogP contribution in [0.3, 0.4) is 0 Å². The fourth-order valence-electron chi connectivity index (χ4n) is 2.06. The average molecular weight is 273 g/mol. The van der Waals surface area contributed by atoms with Crippen molar-refractivity contribution in [2.24, 2.45) is 5.73 Å². The zero-order chi connectivity index (χ0) is 14.7. The maximum Gasteiger partial charge on any atom is 0.395 e. The predicted octanol–water partition coefficient (Wildman–Crippen LogP) is 4.37. The number of benzene rings is 1. The lowest BCUT2D eigenvalue weighted by atomic mass is 9.83. The summed E-state index contributed by atoms with van der Waals surface area (Å²) in [6.45, 7) is 6.27. The molecule has 0 amide bonds. The summed E-state index contributed by atoms with van der Waals surface area (Å²) >= 11 is 0. The molecule has 19 heavy (non-hydrogen) atoms. The third-order valence-electron chi connectivity index (χ3n) is 3.25. The maximum atomic E-state index is 13.1. The Hall–Kier alpha value is -1.03. The lowest BCUT2D eigenvalue weighted by Gasteiger charge is -2.24. The van der Waals surface area contributed by atoms with E-state index in [2.05, 4.69) is 0 Å². The molecule has 1 atom stereocenters. The van der Waals surface area contributed by atoms with Gasteiger partial charge in [0.25, 0.3) is 0 Å². The first-order valence-corrected chi connectivity index (χ1v) is 6.53. The van der Waals surface area contributed by atoms with Gasteiger partial charge in [-0.15, -0.1) is 0 Å². The van der Waals surface area contributed by atoms with Crippen molar-refractivity contribution in [2.75, 3.05) is 6.54 Å². The molecule has 0 fully saturated rings. The van der Waals surface area contributed by atoms with Gasteiger partial charge in [0.05, 0.1) is 5.92 Å². The fraction of sp³-hybridized carbons (Fsp3) is 0.600. The molecule has 108 valence electrons. The first-order chi connectivity index (χ1) is 8.66. The highest BCUT2D eigenvalue weighted by Crippen LogP contribution is 2.39. The van der Waals surface area contributed by atoms with Gasteiger partial charge >= 0.3 is 6.18 Å². The normalized spacial score (nSPS) is 14.5. The van der Waals surface area contributed by atoms with Crippen molar-refractivity contribution in [3.63, 3.8) is 0 Å². The van der Waals surface area contributed by atoms with E-state index in [9.17, 15) is 13.2 Å². The number of alkyl halides is 3. The first-order valence-electron chi connectivity index (χ1n) is 6.53. The van der Waals surface area contributed by atoms with E-state index in [-0.39, 0.29) is 18.4 Å². The van der Waals surface area contributed by atoms with Crippen molar-refractivity contribution in [2.45, 2.75) is 51.1 Å². The molecule has 1 nitrogen and oxygen atoms in total. The summed E-state index contributed by atoms with van der Waals surface area (Å²) in [5.74, 6) is -1.42. The summed E-state index contributed by atoms with van der Waals surface area (Å²) < 4.78 is 39.3. The molecule has 0 bridgehead atoms. The highest BCUT2D eigenvalue weighted by Gasteiger charge is 2.40. The molecule has 1 aromatic rings. The van der Waals surface area contributed by atoms with Gasteiger partial charge in [-0.2, -0.15) is 13.2 Å². The second kappa shape index (κ2) is 5.95. The third kappa shape index (κ3) is 4.53. The van der Waals surface area contributed by atoms with Crippen LogP contribution in [0.5, 0.6) is 0 Å². The van der Waals surface area contributed by atoms with E-state index in [1.807, 2.05) is 26.8 Å². The molecule has 0 heterocycles. The van der Waals surface area contributed by atoms with Gasteiger partial charge in [-0.3, -0.25) is 0 Å². The van der Waals surface area contributed by atoms with E-state index < -0.39 is 12.1 Å². The van der Waals surface area contributed by atoms with Crippen molar-refractivity contribution in [1.82, 2.24) is 0 Å². The molecule has 0 saturated heterocycles. The third-order valence-corrected chi connectivity index (χ3v) is 3.25. The number of hydrogen-bond acceptors (Lipinski definition) is 1. The second-order valence-corrected chi connectivity index (χ2v) is 5.90. The van der Waals surface area contributed by atoms with Gasteiger partial charge in [0, 0.05) is 0 Å². The monoisotopic (exact) mass is 273 g/mol. The van der Waals surface area contributed by atoms with E-state index in [0.717, 1.165) is 5.56 Å². The molecular formula is C15H22F3N. The molecule has 0 aliphatic carbocycles. The quantitative estimate of drug-likeness (QED) is 0.866. The number of rotatable bonds is 4. The second-order valence-electron chi connectivity index (χ2n) is 5.90. The Kier molecular flexibility index (Phi) is 5.02. The minimum atomic E-state index is -4.22. The van der Waals surface area contributed by atoms with Crippen LogP contribution in [0, 0.1) is 0 Å². The first kappa shape index (κ1) is 16.0. The summed E-state index contributed by atoms with van der Waals surface area (Å²) in [7, 11) is 0. The van der Waals surface area contributed by atoms with Crippen molar-refractivity contribution in [3.05, 3.63) is 35.4 Å². The lowest BCUT2D eigenvalue weighted by molar-refractivity contribution is -0.152. The molecule has 4 heteroatoms. The molecule has 0 aromatic heterocycles. The van der Waals surface area contributed by atoms with E-state index in [0.29, 0.717) is 12.0 Å². The lowest BCUT2D eigenvalue weighted by Crippen LogP contribution is -2.22. The van der Waals surface area contributed by atoms with Gasteiger partial charge in [-0.1, -0.05) is 45.0 Å². The molecule has 0 aliphatic rings. The van der Waals surface area contributed by atoms with Gasteiger partial charge < -0.3 is 5.73 Å². The molecule has 1 rings (SSSR count). The average Bonchev–Trinajstić information content (AvgIpc) is 2.27. The standard InChI is InChI=1S/C15H22F3N/c1-14(2,3)12-7-4-6-11(10-12)13(8-5-9-19)15(16,17)18/h4,6-7,10,13H,5,8-9,19H2,1-3H3. The van der Waals surface area contributed by atoms with Gasteiger partial charge in [-0.05, 0) is 35.9 Å². The van der Waals surface area contributed by atoms with Crippen molar-refractivity contribution >= 4 is 0 Å². The van der Waals surface area contributed by atoms with Crippen molar-refractivity contribution in [1.29, 1.82) is 0 Å². The van der Waals surface area contributed by atoms with Crippen LogP contribution < -0.4 is 5.73 Å². The molecule has 0 radical (unpaired) electrons. The fourth-order valence-corrected chi connectivity index (χ4v) is 2.06. The maximum absolute atomic E-state index is 13.1. The molecule has 0 saturated carbocycles. The Bertz CT molecular complexity index is 405. The largest absolute Gasteiger partial charge is 0.395 e. The zero-order valence-electron chi connectivity index (χ0n) is 11.7. The topological polar surface area (TPSA) is 26.0 Å². The van der Waals surface area contributed by atoms with Gasteiger partial charge in [0.2, 0.25) is 0 Å². The van der Waals surface area contributed by atoms with Gasteiger partial charge in [0.1, 0.15) is 0 Å². The minimum Gasteiger partial charge on any atom is -0.330 e. The van der Waals surface area contributed by atoms with Crippen molar-refractivity contribution in [3.8, 4) is 0 Å². The highest BCUT2D eigenvalue weighted by atomic mass is 19.4. The van der Waals surface area contributed by atoms with Crippen LogP contribution in [-0.4, -0.2) is 12.7 Å². The van der Waals surface area contributed by atoms with E-state index in [4.69, 9.17) is 5.73 Å². The van der Waals surface area contributed by atoms with Crippen LogP contribution in [0.2, 0.25) is 0 Å². The van der Waals surface area contributed by atoms with Crippen LogP contribution in [0.1, 0.15) is 50.7 Å². The van der Waals surface area contributed by atoms with Crippen LogP contribution in [-0.2, 0) is 5.41 Å². The van der Waals surface area contributed by atoms with E-state index in [1.165, 1.54) is 0 Å². The number of nitrogens with two attached hydrogens (primary N) is 1. The Morgan fingerprint density at radius 3 is 2.26 bits per heavy atom. The summed E-state index contributed by atoms with van der Waals surface area (Å²) in [6.07, 6.45) is -3.79. The summed E-state index contributed by atoms with van der Waals surface area (Å²) in [5.41, 5.74) is 6.44. The molecule has 0 spiro atoms. The van der Waals surface area contributed by atoms with E-state index in [1.54, 1.807) is 18.2 Å². The Labute approximate surface area is 113 Å². The van der Waals surface area contributed by atoms with E-state index >= 15 is 0 Å². The summed E-state index contributed by atoms with van der Waals surface area (Å²) in [5, 5.41) is 0. The molecule has 1 aromatic carbocycles. The Morgan fingerprint density at radius 2 is 1.79 bits per heavy atom. The molecule has 1 unspecified atom stereocenters. The predicted molar refractivity (Wildman–Crippen MR) is 72.2 cm³/mol. The summed E-state index contributed by atoms with van der Waals surface area (Å²) in [6, 6.07) is 6.82. The zero-order valence-corrected chi connectivity index (χ0v) is 11.7. The number of hydrogen-bond donors (Lipinski definition) is 1. The Morgan fingerprint density at radius 1 is 1.16 bits per heavy atom. The number of halogens is 3. The highest BCUT2D eigenvalue weighted by molar-refractivity contribution is 5.31. The molecule has 0 aliphatic heterocycles. The Balaban J connectivity index is 3.09. The van der Waals surface area contributed by atoms with Crippen LogP contribution in [0.4, 0.5) is 13.2 Å². The molecule has 2 N–H and O–H groups in total. The van der Waals surface area contributed by atoms with Crippen molar-refractivity contribution < 1.29 is 13.2 Å². The summed E-state index contributed by atoms with van der Waals surface area (Å²) in [4.78, 5) is 0. The van der Waals surface area contributed by atoms with Crippen LogP contribution in [0.25, 0.3) is 0 Å². The smallest absolute Gasteiger partial charge is 0.330 e. The minimum absolute atomic E-state index is 0.0492. The SMILES string of the molecule is CC(C)(C)c1cccc(C(CCCN)C(F)(F)F)c1. The molecular weight excluding hydrogens is 251 g/mol. The van der Waals surface area contributed by atoms with Crippen LogP contribution >= 0.6 is 0 Å².